The molecule has 0 aliphatic carbocycles. The molecule has 65 heavy (non-hydrogen) atoms. The van der Waals surface area contributed by atoms with Gasteiger partial charge in [0.2, 0.25) is 5.91 Å². The van der Waals surface area contributed by atoms with Gasteiger partial charge in [0, 0.05) is 12.8 Å². The topological polar surface area (TPSA) is 95.9 Å². The molecular formula is C59H111NO5. The molecule has 6 nitrogen and oxygen atoms in total. The Balaban J connectivity index is 3.52. The molecule has 0 aliphatic heterocycles. The highest BCUT2D eigenvalue weighted by atomic mass is 16.5. The zero-order valence-corrected chi connectivity index (χ0v) is 43.5. The summed E-state index contributed by atoms with van der Waals surface area (Å²) in [5, 5.41) is 23.2. The molecule has 2 unspecified atom stereocenters. The summed E-state index contributed by atoms with van der Waals surface area (Å²) in [5.41, 5.74) is 0. The average Bonchev–Trinajstić information content (AvgIpc) is 3.31. The molecule has 0 rings (SSSR count). The zero-order valence-electron chi connectivity index (χ0n) is 43.5. The molecule has 1 amide bonds. The fourth-order valence-electron chi connectivity index (χ4n) is 8.67. The quantitative estimate of drug-likeness (QED) is 0.0321. The van der Waals surface area contributed by atoms with Gasteiger partial charge in [-0.05, 0) is 77.0 Å². The van der Waals surface area contributed by atoms with Gasteiger partial charge in [-0.25, -0.2) is 0 Å². The van der Waals surface area contributed by atoms with Crippen LogP contribution in [0.4, 0.5) is 0 Å². The van der Waals surface area contributed by atoms with Crippen molar-refractivity contribution in [2.24, 2.45) is 0 Å². The second-order valence-corrected chi connectivity index (χ2v) is 19.6. The van der Waals surface area contributed by atoms with E-state index in [0.717, 1.165) is 70.6 Å². The van der Waals surface area contributed by atoms with Crippen LogP contribution in [0.5, 0.6) is 0 Å². The first-order chi connectivity index (χ1) is 32.0. The Morgan fingerprint density at radius 3 is 1.14 bits per heavy atom. The van der Waals surface area contributed by atoms with Crippen LogP contribution in [-0.4, -0.2) is 47.4 Å². The van der Waals surface area contributed by atoms with Gasteiger partial charge in [0.25, 0.3) is 0 Å². The largest absolute Gasteiger partial charge is 0.466 e. The van der Waals surface area contributed by atoms with E-state index in [9.17, 15) is 19.8 Å². The molecule has 0 heterocycles. The molecular weight excluding hydrogens is 803 g/mol. The number of carbonyl (C=O) groups is 2. The minimum atomic E-state index is -0.856. The normalized spacial score (nSPS) is 12.9. The summed E-state index contributed by atoms with van der Waals surface area (Å²) in [5.74, 6) is -0.104. The zero-order chi connectivity index (χ0) is 47.2. The summed E-state index contributed by atoms with van der Waals surface area (Å²) in [6.07, 6.45) is 67.4. The number of hydrogen-bond acceptors (Lipinski definition) is 5. The van der Waals surface area contributed by atoms with Crippen molar-refractivity contribution in [3.8, 4) is 0 Å². The summed E-state index contributed by atoms with van der Waals surface area (Å²) >= 11 is 0. The van der Waals surface area contributed by atoms with Crippen LogP contribution in [-0.2, 0) is 14.3 Å². The van der Waals surface area contributed by atoms with E-state index in [4.69, 9.17) is 4.74 Å². The maximum Gasteiger partial charge on any atom is 0.305 e. The summed E-state index contributed by atoms with van der Waals surface area (Å²) in [6.45, 7) is 4.84. The van der Waals surface area contributed by atoms with Crippen molar-refractivity contribution in [2.75, 3.05) is 13.2 Å². The second kappa shape index (κ2) is 54.7. The smallest absolute Gasteiger partial charge is 0.305 e. The summed E-state index contributed by atoms with van der Waals surface area (Å²) < 4.78 is 5.43. The van der Waals surface area contributed by atoms with Crippen molar-refractivity contribution < 1.29 is 24.5 Å². The molecule has 6 heteroatoms. The highest BCUT2D eigenvalue weighted by molar-refractivity contribution is 5.76. The third kappa shape index (κ3) is 51.3. The third-order valence-corrected chi connectivity index (χ3v) is 13.1. The standard InChI is InChI=1S/C59H111NO5/c1-3-5-7-9-11-13-15-16-17-18-19-20-21-22-23-25-28-32-35-39-43-47-51-57(62)56(55-61)60-58(63)52-48-44-40-36-33-29-26-24-27-30-34-38-42-46-50-54-65-59(64)53-49-45-41-37-31-14-12-10-8-6-4-2/h10,12,27,30,47,51,56-57,61-62H,3-9,11,13-26,28-29,31-46,48-50,52-55H2,1-2H3,(H,60,63)/b12-10-,30-27-,51-47+. The minimum Gasteiger partial charge on any atom is -0.466 e. The molecule has 0 spiro atoms. The summed E-state index contributed by atoms with van der Waals surface area (Å²) in [6, 6.07) is -0.641. The van der Waals surface area contributed by atoms with E-state index >= 15 is 0 Å². The number of rotatable bonds is 53. The number of carbonyl (C=O) groups excluding carboxylic acids is 2. The van der Waals surface area contributed by atoms with E-state index in [1.165, 1.54) is 205 Å². The van der Waals surface area contributed by atoms with Crippen molar-refractivity contribution in [3.63, 3.8) is 0 Å². The molecule has 0 aromatic rings. The monoisotopic (exact) mass is 914 g/mol. The van der Waals surface area contributed by atoms with Crippen LogP contribution in [0.1, 0.15) is 303 Å². The van der Waals surface area contributed by atoms with Crippen LogP contribution in [0, 0.1) is 0 Å². The number of hydrogen-bond donors (Lipinski definition) is 3. The van der Waals surface area contributed by atoms with Gasteiger partial charge in [0.15, 0.2) is 0 Å². The minimum absolute atomic E-state index is 0.0223. The first-order valence-electron chi connectivity index (χ1n) is 28.8. The van der Waals surface area contributed by atoms with Gasteiger partial charge in [-0.15, -0.1) is 0 Å². The van der Waals surface area contributed by atoms with Gasteiger partial charge in [-0.1, -0.05) is 249 Å². The van der Waals surface area contributed by atoms with Gasteiger partial charge in [0.05, 0.1) is 25.4 Å². The third-order valence-electron chi connectivity index (χ3n) is 13.1. The van der Waals surface area contributed by atoms with Gasteiger partial charge >= 0.3 is 5.97 Å². The molecule has 0 saturated heterocycles. The molecule has 0 radical (unpaired) electrons. The summed E-state index contributed by atoms with van der Waals surface area (Å²) in [4.78, 5) is 24.5. The number of ether oxygens (including phenoxy) is 1. The van der Waals surface area contributed by atoms with Crippen LogP contribution in [0.2, 0.25) is 0 Å². The predicted molar refractivity (Wildman–Crippen MR) is 283 cm³/mol. The molecule has 2 atom stereocenters. The maximum atomic E-state index is 12.5. The van der Waals surface area contributed by atoms with Gasteiger partial charge in [-0.3, -0.25) is 9.59 Å². The lowest BCUT2D eigenvalue weighted by atomic mass is 10.0. The number of esters is 1. The Kier molecular flexibility index (Phi) is 53.1. The van der Waals surface area contributed by atoms with Crippen molar-refractivity contribution in [2.45, 2.75) is 315 Å². The van der Waals surface area contributed by atoms with E-state index in [1.807, 2.05) is 6.08 Å². The predicted octanol–water partition coefficient (Wildman–Crippen LogP) is 17.6. The molecule has 0 aromatic carbocycles. The van der Waals surface area contributed by atoms with Crippen molar-refractivity contribution in [1.29, 1.82) is 0 Å². The van der Waals surface area contributed by atoms with E-state index < -0.39 is 12.1 Å². The number of amides is 1. The Morgan fingerprint density at radius 2 is 0.738 bits per heavy atom. The Hall–Kier alpha value is -1.92. The van der Waals surface area contributed by atoms with Crippen LogP contribution >= 0.6 is 0 Å². The van der Waals surface area contributed by atoms with Gasteiger partial charge < -0.3 is 20.3 Å². The average molecular weight is 915 g/mol. The molecule has 0 saturated carbocycles. The van der Waals surface area contributed by atoms with Crippen molar-refractivity contribution >= 4 is 11.9 Å². The van der Waals surface area contributed by atoms with Gasteiger partial charge in [0.1, 0.15) is 0 Å². The van der Waals surface area contributed by atoms with E-state index in [1.54, 1.807) is 6.08 Å². The fraction of sp³-hybridized carbons (Fsp3) is 0.864. The summed E-state index contributed by atoms with van der Waals surface area (Å²) in [7, 11) is 0. The second-order valence-electron chi connectivity index (χ2n) is 19.6. The van der Waals surface area contributed by atoms with E-state index in [2.05, 4.69) is 43.5 Å². The molecule has 3 N–H and O–H groups in total. The number of allylic oxidation sites excluding steroid dienone is 5. The number of aliphatic hydroxyl groups excluding tert-OH is 2. The Labute approximate surface area is 404 Å². The number of unbranched alkanes of at least 4 members (excludes halogenated alkanes) is 38. The lowest BCUT2D eigenvalue weighted by Gasteiger charge is -2.20. The number of nitrogens with one attached hydrogen (secondary N) is 1. The Bertz CT molecular complexity index is 1060. The van der Waals surface area contributed by atoms with E-state index in [-0.39, 0.29) is 18.5 Å². The van der Waals surface area contributed by atoms with Crippen molar-refractivity contribution in [3.05, 3.63) is 36.5 Å². The van der Waals surface area contributed by atoms with Crippen LogP contribution in [0.25, 0.3) is 0 Å². The van der Waals surface area contributed by atoms with Crippen LogP contribution in [0.15, 0.2) is 36.5 Å². The molecule has 382 valence electrons. The highest BCUT2D eigenvalue weighted by Gasteiger charge is 2.18. The van der Waals surface area contributed by atoms with Gasteiger partial charge in [-0.2, -0.15) is 0 Å². The SMILES string of the molecule is CCCC/C=C\CCCCCCCC(=O)OCCCCCC/C=C\CCCCCCCCCC(=O)NC(CO)C(O)/C=C/CCCCCCCCCCCCCCCCCCCCCC. The first-order valence-corrected chi connectivity index (χ1v) is 28.8. The maximum absolute atomic E-state index is 12.5. The molecule has 0 aromatic heterocycles. The highest BCUT2D eigenvalue weighted by Crippen LogP contribution is 2.16. The first kappa shape index (κ1) is 63.1. The van der Waals surface area contributed by atoms with Crippen LogP contribution in [0.3, 0.4) is 0 Å². The lowest BCUT2D eigenvalue weighted by molar-refractivity contribution is -0.143. The van der Waals surface area contributed by atoms with E-state index in [0.29, 0.717) is 19.4 Å². The fourth-order valence-corrected chi connectivity index (χ4v) is 8.67. The van der Waals surface area contributed by atoms with Crippen LogP contribution < -0.4 is 5.32 Å². The molecule has 0 bridgehead atoms. The molecule has 0 fully saturated rings. The Morgan fingerprint density at radius 1 is 0.415 bits per heavy atom. The number of aliphatic hydroxyl groups is 2. The molecule has 0 aliphatic rings. The van der Waals surface area contributed by atoms with Crippen molar-refractivity contribution in [1.82, 2.24) is 5.32 Å². The lowest BCUT2D eigenvalue weighted by Crippen LogP contribution is -2.45.